The molecule has 1 heteroatoms. The van der Waals surface area contributed by atoms with Crippen LogP contribution in [-0.4, -0.2) is 5.11 Å². The number of benzene rings is 4. The first-order valence-electron chi connectivity index (χ1n) is 11.0. The SMILES string of the molecule is CC[C@H](O)c1cc(-c2ccc(C)cc2)cc(-c2ccc(C)cc2)c1-c1ccc(C)cc1. The van der Waals surface area contributed by atoms with Crippen LogP contribution in [-0.2, 0) is 0 Å². The van der Waals surface area contributed by atoms with Gasteiger partial charge in [-0.2, -0.15) is 0 Å². The smallest absolute Gasteiger partial charge is 0.0793 e. The Bertz CT molecular complexity index is 1170. The van der Waals surface area contributed by atoms with E-state index in [4.69, 9.17) is 0 Å². The normalized spacial score (nSPS) is 12.0. The summed E-state index contributed by atoms with van der Waals surface area (Å²) in [5.74, 6) is 0. The Labute approximate surface area is 186 Å². The fourth-order valence-corrected chi connectivity index (χ4v) is 4.06. The predicted octanol–water partition coefficient (Wildman–Crippen LogP) is 8.06. The lowest BCUT2D eigenvalue weighted by Gasteiger charge is -2.21. The fourth-order valence-electron chi connectivity index (χ4n) is 4.06. The summed E-state index contributed by atoms with van der Waals surface area (Å²) in [4.78, 5) is 0. The van der Waals surface area contributed by atoms with Gasteiger partial charge in [0, 0.05) is 0 Å². The highest BCUT2D eigenvalue weighted by atomic mass is 16.3. The molecular weight excluding hydrogens is 376 g/mol. The van der Waals surface area contributed by atoms with Crippen LogP contribution in [0.3, 0.4) is 0 Å². The van der Waals surface area contributed by atoms with Crippen molar-refractivity contribution >= 4 is 0 Å². The second-order valence-corrected chi connectivity index (χ2v) is 8.51. The quantitative estimate of drug-likeness (QED) is 0.355. The van der Waals surface area contributed by atoms with Crippen molar-refractivity contribution in [1.29, 1.82) is 0 Å². The van der Waals surface area contributed by atoms with Crippen LogP contribution in [0.25, 0.3) is 33.4 Å². The van der Waals surface area contributed by atoms with E-state index >= 15 is 0 Å². The molecule has 0 unspecified atom stereocenters. The predicted molar refractivity (Wildman–Crippen MR) is 132 cm³/mol. The van der Waals surface area contributed by atoms with Crippen LogP contribution in [0.5, 0.6) is 0 Å². The van der Waals surface area contributed by atoms with Gasteiger partial charge in [-0.1, -0.05) is 96.4 Å². The summed E-state index contributed by atoms with van der Waals surface area (Å²) in [6.45, 7) is 8.36. The zero-order chi connectivity index (χ0) is 22.0. The van der Waals surface area contributed by atoms with E-state index in [1.165, 1.54) is 27.8 Å². The minimum atomic E-state index is -0.522. The fraction of sp³-hybridized carbons (Fsp3) is 0.200. The number of aliphatic hydroxyl groups is 1. The Morgan fingerprint density at radius 1 is 0.581 bits per heavy atom. The van der Waals surface area contributed by atoms with Crippen molar-refractivity contribution < 1.29 is 5.11 Å². The molecule has 0 spiro atoms. The van der Waals surface area contributed by atoms with Crippen molar-refractivity contribution in [2.45, 2.75) is 40.2 Å². The molecule has 1 nitrogen and oxygen atoms in total. The summed E-state index contributed by atoms with van der Waals surface area (Å²) in [6, 6.07) is 30.4. The van der Waals surface area contributed by atoms with Gasteiger partial charge in [-0.25, -0.2) is 0 Å². The number of aryl methyl sites for hydroxylation is 3. The standard InChI is InChI=1S/C30H30O/c1-5-29(31)28-19-26(23-12-6-20(2)7-13-23)18-27(24-14-8-21(3)9-15-24)30(28)25-16-10-22(4)11-17-25/h6-19,29,31H,5H2,1-4H3/t29-/m0/s1. The van der Waals surface area contributed by atoms with E-state index in [0.717, 1.165) is 27.8 Å². The van der Waals surface area contributed by atoms with E-state index in [2.05, 4.69) is 106 Å². The van der Waals surface area contributed by atoms with Gasteiger partial charge in [0.15, 0.2) is 0 Å². The Morgan fingerprint density at radius 3 is 1.52 bits per heavy atom. The molecule has 0 aliphatic carbocycles. The van der Waals surface area contributed by atoms with E-state index in [-0.39, 0.29) is 0 Å². The van der Waals surface area contributed by atoms with Crippen LogP contribution in [0.2, 0.25) is 0 Å². The molecule has 156 valence electrons. The third kappa shape index (κ3) is 4.47. The van der Waals surface area contributed by atoms with Gasteiger partial charge in [-0.15, -0.1) is 0 Å². The molecule has 0 heterocycles. The maximum atomic E-state index is 11.1. The van der Waals surface area contributed by atoms with E-state index in [9.17, 15) is 5.11 Å². The lowest BCUT2D eigenvalue weighted by molar-refractivity contribution is 0.174. The molecule has 0 fully saturated rings. The van der Waals surface area contributed by atoms with E-state index < -0.39 is 6.10 Å². The largest absolute Gasteiger partial charge is 0.388 e. The van der Waals surface area contributed by atoms with Crippen LogP contribution in [0.4, 0.5) is 0 Å². The third-order valence-electron chi connectivity index (χ3n) is 6.00. The second kappa shape index (κ2) is 8.91. The molecule has 0 bridgehead atoms. The molecule has 0 aliphatic heterocycles. The topological polar surface area (TPSA) is 20.2 Å². The summed E-state index contributed by atoms with van der Waals surface area (Å²) < 4.78 is 0. The second-order valence-electron chi connectivity index (χ2n) is 8.51. The zero-order valence-corrected chi connectivity index (χ0v) is 18.8. The van der Waals surface area contributed by atoms with Crippen LogP contribution in [0.15, 0.2) is 84.9 Å². The Morgan fingerprint density at radius 2 is 1.03 bits per heavy atom. The van der Waals surface area contributed by atoms with Gasteiger partial charge in [-0.3, -0.25) is 0 Å². The zero-order valence-electron chi connectivity index (χ0n) is 18.8. The maximum absolute atomic E-state index is 11.1. The minimum Gasteiger partial charge on any atom is -0.388 e. The lowest BCUT2D eigenvalue weighted by atomic mass is 9.84. The summed E-state index contributed by atoms with van der Waals surface area (Å²) in [6.07, 6.45) is 0.148. The first-order chi connectivity index (χ1) is 15.0. The van der Waals surface area contributed by atoms with E-state index in [1.54, 1.807) is 0 Å². The monoisotopic (exact) mass is 406 g/mol. The Hall–Kier alpha value is -3.16. The lowest BCUT2D eigenvalue weighted by Crippen LogP contribution is -2.02. The highest BCUT2D eigenvalue weighted by molar-refractivity contribution is 5.90. The first-order valence-corrected chi connectivity index (χ1v) is 11.0. The molecule has 0 amide bonds. The molecule has 4 rings (SSSR count). The van der Waals surface area contributed by atoms with Gasteiger partial charge in [0.25, 0.3) is 0 Å². The highest BCUT2D eigenvalue weighted by Gasteiger charge is 2.19. The number of aliphatic hydroxyl groups excluding tert-OH is 1. The van der Waals surface area contributed by atoms with Gasteiger partial charge in [0.2, 0.25) is 0 Å². The van der Waals surface area contributed by atoms with Gasteiger partial charge in [-0.05, 0) is 78.3 Å². The first kappa shape index (κ1) is 21.1. The van der Waals surface area contributed by atoms with Crippen molar-refractivity contribution in [3.8, 4) is 33.4 Å². The molecule has 4 aromatic carbocycles. The van der Waals surface area contributed by atoms with Gasteiger partial charge >= 0.3 is 0 Å². The number of hydrogen-bond acceptors (Lipinski definition) is 1. The van der Waals surface area contributed by atoms with E-state index in [1.807, 2.05) is 6.92 Å². The molecule has 0 saturated heterocycles. The summed E-state index contributed by atoms with van der Waals surface area (Å²) in [5.41, 5.74) is 11.6. The van der Waals surface area contributed by atoms with Crippen molar-refractivity contribution in [2.75, 3.05) is 0 Å². The number of rotatable bonds is 5. The van der Waals surface area contributed by atoms with E-state index in [0.29, 0.717) is 6.42 Å². The van der Waals surface area contributed by atoms with Gasteiger partial charge in [0.05, 0.1) is 6.10 Å². The molecular formula is C30H30O. The highest BCUT2D eigenvalue weighted by Crippen LogP contribution is 2.42. The van der Waals surface area contributed by atoms with Crippen molar-refractivity contribution in [3.63, 3.8) is 0 Å². The van der Waals surface area contributed by atoms with Crippen LogP contribution >= 0.6 is 0 Å². The molecule has 1 atom stereocenters. The van der Waals surface area contributed by atoms with Crippen LogP contribution < -0.4 is 0 Å². The minimum absolute atomic E-state index is 0.522. The van der Waals surface area contributed by atoms with Gasteiger partial charge < -0.3 is 5.11 Å². The molecule has 0 radical (unpaired) electrons. The summed E-state index contributed by atoms with van der Waals surface area (Å²) >= 11 is 0. The maximum Gasteiger partial charge on any atom is 0.0793 e. The average Bonchev–Trinajstić information content (AvgIpc) is 2.79. The molecule has 1 N–H and O–H groups in total. The molecule has 4 aromatic rings. The summed E-state index contributed by atoms with van der Waals surface area (Å²) in [5, 5.41) is 11.1. The van der Waals surface area contributed by atoms with Gasteiger partial charge in [0.1, 0.15) is 0 Å². The van der Waals surface area contributed by atoms with Crippen molar-refractivity contribution in [3.05, 3.63) is 107 Å². The Kier molecular flexibility index (Phi) is 6.06. The van der Waals surface area contributed by atoms with Crippen LogP contribution in [0, 0.1) is 20.8 Å². The molecule has 0 aromatic heterocycles. The molecule has 0 aliphatic rings. The van der Waals surface area contributed by atoms with Crippen molar-refractivity contribution in [1.82, 2.24) is 0 Å². The summed E-state index contributed by atoms with van der Waals surface area (Å²) in [7, 11) is 0. The molecule has 31 heavy (non-hydrogen) atoms. The number of hydrogen-bond donors (Lipinski definition) is 1. The molecule has 0 saturated carbocycles. The van der Waals surface area contributed by atoms with Crippen LogP contribution in [0.1, 0.15) is 41.7 Å². The Balaban J connectivity index is 2.03. The average molecular weight is 407 g/mol. The third-order valence-corrected chi connectivity index (χ3v) is 6.00. The van der Waals surface area contributed by atoms with Crippen molar-refractivity contribution in [2.24, 2.45) is 0 Å².